The molecule has 0 spiro atoms. The molecule has 1 heterocycles. The summed E-state index contributed by atoms with van der Waals surface area (Å²) in [6.45, 7) is 3.50. The maximum atomic E-state index is 12.4. The van der Waals surface area contributed by atoms with Gasteiger partial charge < -0.3 is 10.1 Å². The second-order valence-corrected chi connectivity index (χ2v) is 8.00. The lowest BCUT2D eigenvalue weighted by molar-refractivity contribution is -0.125. The van der Waals surface area contributed by atoms with Crippen molar-refractivity contribution in [2.24, 2.45) is 0 Å². The molecule has 7 heteroatoms. The Balaban J connectivity index is 2.29. The first-order chi connectivity index (χ1) is 11.3. The summed E-state index contributed by atoms with van der Waals surface area (Å²) in [6.07, 6.45) is 7.20. The molecule has 0 saturated carbocycles. The van der Waals surface area contributed by atoms with Crippen molar-refractivity contribution in [3.63, 3.8) is 0 Å². The highest BCUT2D eigenvalue weighted by Crippen LogP contribution is 2.29. The number of hydrogen-bond donors (Lipinski definition) is 1. The van der Waals surface area contributed by atoms with E-state index in [-0.39, 0.29) is 5.91 Å². The Kier molecular flexibility index (Phi) is 6.23. The predicted molar refractivity (Wildman–Crippen MR) is 108 cm³/mol. The fraction of sp³-hybridized carbons (Fsp3) is 0.294. The van der Waals surface area contributed by atoms with E-state index in [1.54, 1.807) is 26.2 Å². The number of pyridine rings is 1. The number of hydrogen-bond acceptors (Lipinski definition) is 4. The van der Waals surface area contributed by atoms with E-state index < -0.39 is 11.0 Å². The molecule has 24 heavy (non-hydrogen) atoms. The molecule has 1 atom stereocenters. The number of para-hydroxylation sites is 1. The van der Waals surface area contributed by atoms with Crippen LogP contribution in [0.5, 0.6) is 5.88 Å². The van der Waals surface area contributed by atoms with E-state index in [9.17, 15) is 4.79 Å². The molecule has 0 bridgehead atoms. The normalized spacial score (nSPS) is 12.5. The quantitative estimate of drug-likeness (QED) is 0.403. The molecule has 2 aromatic rings. The van der Waals surface area contributed by atoms with Crippen LogP contribution in [0.4, 0.5) is 0 Å². The second-order valence-electron chi connectivity index (χ2n) is 5.53. The molecular weight excluding hydrogens is 459 g/mol. The summed E-state index contributed by atoms with van der Waals surface area (Å²) in [6, 6.07) is 7.48. The number of fused-ring (bicyclic) bond motifs is 1. The van der Waals surface area contributed by atoms with E-state index >= 15 is 0 Å². The van der Waals surface area contributed by atoms with E-state index in [1.165, 1.54) is 11.8 Å². The fourth-order valence-corrected chi connectivity index (χ4v) is 3.18. The van der Waals surface area contributed by atoms with Gasteiger partial charge >= 0.3 is 0 Å². The van der Waals surface area contributed by atoms with Crippen molar-refractivity contribution in [1.82, 2.24) is 10.3 Å². The monoisotopic (exact) mass is 474 g/mol. The zero-order valence-electron chi connectivity index (χ0n) is 13.4. The Morgan fingerprint density at radius 3 is 2.88 bits per heavy atom. The van der Waals surface area contributed by atoms with Crippen LogP contribution in [0.1, 0.15) is 13.8 Å². The van der Waals surface area contributed by atoms with Gasteiger partial charge in [-0.2, -0.15) is 0 Å². The van der Waals surface area contributed by atoms with Gasteiger partial charge in [0.05, 0.1) is 19.6 Å². The van der Waals surface area contributed by atoms with Crippen LogP contribution in [-0.2, 0) is 4.79 Å². The SMILES string of the molecule is C#CC(C)(C)NC(=O)C(Oc1nc2c(Cl)cccc2cc1I)SC. The highest BCUT2D eigenvalue weighted by atomic mass is 127. The molecule has 126 valence electrons. The van der Waals surface area contributed by atoms with Crippen LogP contribution in [-0.4, -0.2) is 28.1 Å². The number of carbonyl (C=O) groups excluding carboxylic acids is 1. The third-order valence-electron chi connectivity index (χ3n) is 3.16. The molecule has 1 aromatic heterocycles. The second kappa shape index (κ2) is 7.81. The number of halogens is 2. The van der Waals surface area contributed by atoms with Gasteiger partial charge in [0.1, 0.15) is 0 Å². The zero-order chi connectivity index (χ0) is 17.9. The summed E-state index contributed by atoms with van der Waals surface area (Å²) in [5, 5.41) is 4.22. The van der Waals surface area contributed by atoms with Gasteiger partial charge in [-0.15, -0.1) is 18.2 Å². The number of carbonyl (C=O) groups is 1. The summed E-state index contributed by atoms with van der Waals surface area (Å²) < 4.78 is 6.61. The first-order valence-electron chi connectivity index (χ1n) is 7.01. The van der Waals surface area contributed by atoms with E-state index in [1.807, 2.05) is 18.2 Å². The minimum atomic E-state index is -0.765. The number of terminal acetylenes is 1. The molecule has 1 unspecified atom stereocenters. The molecule has 0 radical (unpaired) electrons. The molecule has 0 saturated heterocycles. The number of benzene rings is 1. The topological polar surface area (TPSA) is 51.2 Å². The van der Waals surface area contributed by atoms with Gasteiger partial charge in [0.2, 0.25) is 11.3 Å². The van der Waals surface area contributed by atoms with Crippen molar-refractivity contribution in [3.05, 3.63) is 32.9 Å². The van der Waals surface area contributed by atoms with Crippen molar-refractivity contribution in [2.75, 3.05) is 6.26 Å². The largest absolute Gasteiger partial charge is 0.452 e. The minimum Gasteiger partial charge on any atom is -0.452 e. The van der Waals surface area contributed by atoms with Gasteiger partial charge in [0.25, 0.3) is 5.91 Å². The Morgan fingerprint density at radius 2 is 2.25 bits per heavy atom. The van der Waals surface area contributed by atoms with E-state index in [0.29, 0.717) is 16.4 Å². The Labute approximate surface area is 164 Å². The lowest BCUT2D eigenvalue weighted by Gasteiger charge is -2.23. The number of rotatable bonds is 5. The van der Waals surface area contributed by atoms with E-state index in [0.717, 1.165) is 8.96 Å². The van der Waals surface area contributed by atoms with Crippen molar-refractivity contribution < 1.29 is 9.53 Å². The van der Waals surface area contributed by atoms with Gasteiger partial charge in [-0.05, 0) is 54.8 Å². The van der Waals surface area contributed by atoms with Crippen LogP contribution in [0.3, 0.4) is 0 Å². The Morgan fingerprint density at radius 1 is 1.54 bits per heavy atom. The third kappa shape index (κ3) is 4.47. The fourth-order valence-electron chi connectivity index (χ4n) is 1.92. The average Bonchev–Trinajstić information content (AvgIpc) is 2.53. The van der Waals surface area contributed by atoms with Crippen LogP contribution >= 0.6 is 46.0 Å². The third-order valence-corrected chi connectivity index (χ3v) is 4.98. The zero-order valence-corrected chi connectivity index (χ0v) is 17.1. The molecule has 2 rings (SSSR count). The number of nitrogens with zero attached hydrogens (tertiary/aromatic N) is 1. The lowest BCUT2D eigenvalue weighted by Crippen LogP contribution is -2.47. The molecular formula is C17H16ClIN2O2S. The summed E-state index contributed by atoms with van der Waals surface area (Å²) in [5.41, 5.74) is -0.876. The molecule has 0 aliphatic heterocycles. The van der Waals surface area contributed by atoms with Gasteiger partial charge in [-0.1, -0.05) is 29.7 Å². The predicted octanol–water partition coefficient (Wildman–Crippen LogP) is 4.09. The Hall–Kier alpha value is -1.17. The number of amides is 1. The molecule has 1 N–H and O–H groups in total. The average molecular weight is 475 g/mol. The summed E-state index contributed by atoms with van der Waals surface area (Å²) in [7, 11) is 0. The maximum absolute atomic E-state index is 12.4. The van der Waals surface area contributed by atoms with Crippen LogP contribution in [0.2, 0.25) is 5.02 Å². The van der Waals surface area contributed by atoms with E-state index in [2.05, 4.69) is 38.8 Å². The van der Waals surface area contributed by atoms with Crippen molar-refractivity contribution in [3.8, 4) is 18.2 Å². The van der Waals surface area contributed by atoms with Crippen molar-refractivity contribution in [1.29, 1.82) is 0 Å². The van der Waals surface area contributed by atoms with Gasteiger partial charge in [-0.25, -0.2) is 4.98 Å². The number of nitrogens with one attached hydrogen (secondary N) is 1. The van der Waals surface area contributed by atoms with Gasteiger partial charge in [-0.3, -0.25) is 4.79 Å². The smallest absolute Gasteiger partial charge is 0.272 e. The number of thioether (sulfide) groups is 1. The van der Waals surface area contributed by atoms with Crippen molar-refractivity contribution in [2.45, 2.75) is 24.8 Å². The first-order valence-corrected chi connectivity index (χ1v) is 9.76. The standard InChI is InChI=1S/C17H16ClIN2O2S/c1-5-17(2,3)21-14(22)16(24-4)23-15-12(19)9-10-7-6-8-11(18)13(10)20-15/h1,6-9,16H,2-4H3,(H,21,22). The van der Waals surface area contributed by atoms with Crippen LogP contribution in [0.25, 0.3) is 10.9 Å². The Bertz CT molecular complexity index is 820. The number of ether oxygens (including phenoxy) is 1. The van der Waals surface area contributed by atoms with Crippen LogP contribution in [0.15, 0.2) is 24.3 Å². The maximum Gasteiger partial charge on any atom is 0.272 e. The molecule has 1 amide bonds. The minimum absolute atomic E-state index is 0.303. The molecule has 0 fully saturated rings. The van der Waals surface area contributed by atoms with Crippen molar-refractivity contribution >= 4 is 62.8 Å². The summed E-state index contributed by atoms with van der Waals surface area (Å²) in [4.78, 5) is 16.9. The molecule has 0 aliphatic rings. The number of aromatic nitrogens is 1. The first kappa shape index (κ1) is 19.2. The molecule has 4 nitrogen and oxygen atoms in total. The van der Waals surface area contributed by atoms with Gasteiger partial charge in [0, 0.05) is 5.39 Å². The highest BCUT2D eigenvalue weighted by Gasteiger charge is 2.26. The highest BCUT2D eigenvalue weighted by molar-refractivity contribution is 14.1. The van der Waals surface area contributed by atoms with Crippen LogP contribution < -0.4 is 10.1 Å². The van der Waals surface area contributed by atoms with Gasteiger partial charge in [0.15, 0.2) is 0 Å². The summed E-state index contributed by atoms with van der Waals surface area (Å²) >= 11 is 9.58. The lowest BCUT2D eigenvalue weighted by atomic mass is 10.1. The molecule has 1 aromatic carbocycles. The van der Waals surface area contributed by atoms with E-state index in [4.69, 9.17) is 22.8 Å². The van der Waals surface area contributed by atoms with Crippen LogP contribution in [0, 0.1) is 15.9 Å². The summed E-state index contributed by atoms with van der Waals surface area (Å²) in [5.74, 6) is 2.59. The molecule has 0 aliphatic carbocycles.